The number of benzene rings is 1. The quantitative estimate of drug-likeness (QED) is 0.596. The van der Waals surface area contributed by atoms with Gasteiger partial charge in [-0.1, -0.05) is 32.0 Å². The molecule has 1 aliphatic rings. The molecule has 1 saturated carbocycles. The van der Waals surface area contributed by atoms with Crippen LogP contribution in [0.25, 0.3) is 0 Å². The third-order valence-electron chi connectivity index (χ3n) is 3.78. The van der Waals surface area contributed by atoms with E-state index in [9.17, 15) is 9.59 Å². The molecule has 1 aromatic rings. The van der Waals surface area contributed by atoms with Gasteiger partial charge in [-0.25, -0.2) is 0 Å². The number of amides is 1. The van der Waals surface area contributed by atoms with Gasteiger partial charge in [0.2, 0.25) is 5.91 Å². The van der Waals surface area contributed by atoms with Crippen molar-refractivity contribution >= 4 is 11.9 Å². The Morgan fingerprint density at radius 2 is 2.00 bits per heavy atom. The Balaban J connectivity index is 1.81. The third-order valence-corrected chi connectivity index (χ3v) is 3.78. The lowest BCUT2D eigenvalue weighted by atomic mass is 10.0. The lowest BCUT2D eigenvalue weighted by Crippen LogP contribution is -2.38. The van der Waals surface area contributed by atoms with Crippen molar-refractivity contribution in [2.45, 2.75) is 32.6 Å². The Hall–Kier alpha value is -2.04. The SMILES string of the molecule is CC(C)c1ccccc1OCCNC(=O)C1(C(=O)O)CC1. The summed E-state index contributed by atoms with van der Waals surface area (Å²) in [6.45, 7) is 4.81. The van der Waals surface area contributed by atoms with Crippen LogP contribution in [0.15, 0.2) is 24.3 Å². The highest BCUT2D eigenvalue weighted by atomic mass is 16.5. The molecule has 0 saturated heterocycles. The number of carbonyl (C=O) groups excluding carboxylic acids is 1. The number of carboxylic acids is 1. The Kier molecular flexibility index (Phi) is 4.50. The lowest BCUT2D eigenvalue weighted by molar-refractivity contribution is -0.149. The molecule has 0 heterocycles. The van der Waals surface area contributed by atoms with Gasteiger partial charge in [0.1, 0.15) is 17.8 Å². The standard InChI is InChI=1S/C16H21NO4/c1-11(2)12-5-3-4-6-13(12)21-10-9-17-14(18)16(7-8-16)15(19)20/h3-6,11H,7-10H2,1-2H3,(H,17,18)(H,19,20). The maximum Gasteiger partial charge on any atom is 0.319 e. The minimum atomic E-state index is -1.18. The van der Waals surface area contributed by atoms with E-state index >= 15 is 0 Å². The molecular weight excluding hydrogens is 270 g/mol. The van der Waals surface area contributed by atoms with E-state index in [1.54, 1.807) is 0 Å². The van der Waals surface area contributed by atoms with E-state index in [1.807, 2.05) is 24.3 Å². The molecule has 0 unspecified atom stereocenters. The van der Waals surface area contributed by atoms with E-state index < -0.39 is 17.3 Å². The van der Waals surface area contributed by atoms with Gasteiger partial charge in [-0.15, -0.1) is 0 Å². The average molecular weight is 291 g/mol. The van der Waals surface area contributed by atoms with Crippen molar-refractivity contribution in [1.82, 2.24) is 5.32 Å². The van der Waals surface area contributed by atoms with Crippen LogP contribution < -0.4 is 10.1 Å². The van der Waals surface area contributed by atoms with Crippen LogP contribution in [0.2, 0.25) is 0 Å². The molecule has 5 nitrogen and oxygen atoms in total. The van der Waals surface area contributed by atoms with Gasteiger partial charge < -0.3 is 15.2 Å². The molecule has 114 valence electrons. The zero-order chi connectivity index (χ0) is 15.5. The maximum absolute atomic E-state index is 11.8. The second-order valence-electron chi connectivity index (χ2n) is 5.68. The Morgan fingerprint density at radius 3 is 2.57 bits per heavy atom. The lowest BCUT2D eigenvalue weighted by Gasteiger charge is -2.15. The third kappa shape index (κ3) is 3.35. The van der Waals surface area contributed by atoms with Gasteiger partial charge in [-0.05, 0) is 30.4 Å². The van der Waals surface area contributed by atoms with Gasteiger partial charge in [0.15, 0.2) is 0 Å². The normalized spacial score (nSPS) is 15.6. The first-order valence-electron chi connectivity index (χ1n) is 7.21. The summed E-state index contributed by atoms with van der Waals surface area (Å²) >= 11 is 0. The van der Waals surface area contributed by atoms with Gasteiger partial charge in [0, 0.05) is 0 Å². The van der Waals surface area contributed by atoms with Crippen molar-refractivity contribution < 1.29 is 19.4 Å². The first kappa shape index (κ1) is 15.4. The molecule has 1 fully saturated rings. The van der Waals surface area contributed by atoms with Gasteiger partial charge in [-0.2, -0.15) is 0 Å². The Labute approximate surface area is 124 Å². The van der Waals surface area contributed by atoms with Crippen molar-refractivity contribution in [3.8, 4) is 5.75 Å². The number of carboxylic acid groups (broad SMARTS) is 1. The molecule has 0 aromatic heterocycles. The van der Waals surface area contributed by atoms with E-state index in [0.717, 1.165) is 11.3 Å². The summed E-state index contributed by atoms with van der Waals surface area (Å²) in [5.74, 6) is -0.277. The average Bonchev–Trinajstić information content (AvgIpc) is 3.25. The summed E-state index contributed by atoms with van der Waals surface area (Å²) in [7, 11) is 0. The van der Waals surface area contributed by atoms with Crippen LogP contribution in [0.4, 0.5) is 0 Å². The van der Waals surface area contributed by atoms with Crippen molar-refractivity contribution in [3.63, 3.8) is 0 Å². The highest BCUT2D eigenvalue weighted by Gasteiger charge is 2.56. The number of hydrogen-bond donors (Lipinski definition) is 2. The van der Waals surface area contributed by atoms with Gasteiger partial charge in [0.25, 0.3) is 0 Å². The number of hydrogen-bond acceptors (Lipinski definition) is 3. The summed E-state index contributed by atoms with van der Waals surface area (Å²) < 4.78 is 5.68. The van der Waals surface area contributed by atoms with Crippen LogP contribution in [0.1, 0.15) is 38.2 Å². The van der Waals surface area contributed by atoms with Crippen LogP contribution in [-0.2, 0) is 9.59 Å². The highest BCUT2D eigenvalue weighted by molar-refractivity contribution is 6.04. The Morgan fingerprint density at radius 1 is 1.33 bits per heavy atom. The van der Waals surface area contributed by atoms with Crippen LogP contribution in [0.5, 0.6) is 5.75 Å². The number of ether oxygens (including phenoxy) is 1. The molecule has 1 aromatic carbocycles. The minimum absolute atomic E-state index is 0.306. The molecule has 5 heteroatoms. The second-order valence-corrected chi connectivity index (χ2v) is 5.68. The molecule has 0 radical (unpaired) electrons. The fourth-order valence-corrected chi connectivity index (χ4v) is 2.25. The minimum Gasteiger partial charge on any atom is -0.491 e. The smallest absolute Gasteiger partial charge is 0.319 e. The highest BCUT2D eigenvalue weighted by Crippen LogP contribution is 2.45. The molecule has 21 heavy (non-hydrogen) atoms. The number of para-hydroxylation sites is 1. The summed E-state index contributed by atoms with van der Waals surface area (Å²) in [5, 5.41) is 11.7. The first-order chi connectivity index (χ1) is 9.97. The van der Waals surface area contributed by atoms with Gasteiger partial charge in [-0.3, -0.25) is 9.59 Å². The summed E-state index contributed by atoms with van der Waals surface area (Å²) in [4.78, 5) is 22.8. The zero-order valence-electron chi connectivity index (χ0n) is 12.4. The van der Waals surface area contributed by atoms with E-state index in [-0.39, 0.29) is 0 Å². The first-order valence-corrected chi connectivity index (χ1v) is 7.21. The number of aliphatic carboxylic acids is 1. The maximum atomic E-state index is 11.8. The fourth-order valence-electron chi connectivity index (χ4n) is 2.25. The molecule has 1 aliphatic carbocycles. The summed E-state index contributed by atoms with van der Waals surface area (Å²) in [6, 6.07) is 7.79. The van der Waals surface area contributed by atoms with Crippen molar-refractivity contribution in [3.05, 3.63) is 29.8 Å². The van der Waals surface area contributed by atoms with Crippen LogP contribution >= 0.6 is 0 Å². The van der Waals surface area contributed by atoms with Gasteiger partial charge >= 0.3 is 5.97 Å². The molecule has 0 spiro atoms. The predicted molar refractivity (Wildman–Crippen MR) is 78.3 cm³/mol. The molecule has 0 atom stereocenters. The second kappa shape index (κ2) is 6.16. The van der Waals surface area contributed by atoms with Crippen LogP contribution in [0, 0.1) is 5.41 Å². The summed E-state index contributed by atoms with van der Waals surface area (Å²) in [5.41, 5.74) is -0.0661. The number of carbonyl (C=O) groups is 2. The van der Waals surface area contributed by atoms with Crippen LogP contribution in [-0.4, -0.2) is 30.1 Å². The number of rotatable bonds is 7. The molecule has 2 N–H and O–H groups in total. The number of nitrogens with one attached hydrogen (secondary N) is 1. The largest absolute Gasteiger partial charge is 0.491 e. The van der Waals surface area contributed by atoms with Crippen LogP contribution in [0.3, 0.4) is 0 Å². The fraction of sp³-hybridized carbons (Fsp3) is 0.500. The molecule has 0 bridgehead atoms. The topological polar surface area (TPSA) is 75.6 Å². The molecule has 1 amide bonds. The molecule has 2 rings (SSSR count). The van der Waals surface area contributed by atoms with E-state index in [1.165, 1.54) is 0 Å². The predicted octanol–water partition coefficient (Wildman–Crippen LogP) is 2.17. The zero-order valence-corrected chi connectivity index (χ0v) is 12.4. The van der Waals surface area contributed by atoms with E-state index in [2.05, 4.69) is 19.2 Å². The van der Waals surface area contributed by atoms with Crippen molar-refractivity contribution in [1.29, 1.82) is 0 Å². The monoisotopic (exact) mass is 291 g/mol. The molecular formula is C16H21NO4. The van der Waals surface area contributed by atoms with Crippen molar-refractivity contribution in [2.75, 3.05) is 13.2 Å². The van der Waals surface area contributed by atoms with E-state index in [4.69, 9.17) is 9.84 Å². The molecule has 0 aliphatic heterocycles. The summed E-state index contributed by atoms with van der Waals surface area (Å²) in [6.07, 6.45) is 0.844. The Bertz CT molecular complexity index is 535. The van der Waals surface area contributed by atoms with Gasteiger partial charge in [0.05, 0.1) is 6.54 Å². The van der Waals surface area contributed by atoms with Crippen molar-refractivity contribution in [2.24, 2.45) is 5.41 Å². The van der Waals surface area contributed by atoms with E-state index in [0.29, 0.717) is 31.9 Å².